The van der Waals surface area contributed by atoms with E-state index in [4.69, 9.17) is 0 Å². The molecular weight excluding hydrogens is 270 g/mol. The molecule has 1 amide bonds. The maximum absolute atomic E-state index is 11.7. The Morgan fingerprint density at radius 1 is 1.19 bits per heavy atom. The van der Waals surface area contributed by atoms with Gasteiger partial charge in [-0.2, -0.15) is 5.10 Å². The molecule has 80 valence electrons. The maximum atomic E-state index is 11.7. The molecule has 1 aromatic carbocycles. The van der Waals surface area contributed by atoms with Gasteiger partial charge in [0.15, 0.2) is 5.69 Å². The zero-order chi connectivity index (χ0) is 11.4. The van der Waals surface area contributed by atoms with Crippen molar-refractivity contribution in [2.75, 3.05) is 5.32 Å². The molecule has 0 atom stereocenters. The van der Waals surface area contributed by atoms with Crippen molar-refractivity contribution in [2.45, 2.75) is 0 Å². The van der Waals surface area contributed by atoms with Crippen LogP contribution in [0.2, 0.25) is 0 Å². The number of nitrogens with zero attached hydrogens (tertiary/aromatic N) is 2. The molecule has 2 aromatic rings. The second kappa shape index (κ2) is 4.85. The Kier molecular flexibility index (Phi) is 3.26. The molecule has 1 aromatic heterocycles. The predicted molar refractivity (Wildman–Crippen MR) is 64.1 cm³/mol. The molecule has 4 nitrogen and oxygen atoms in total. The van der Waals surface area contributed by atoms with Crippen LogP contribution in [0.15, 0.2) is 47.1 Å². The molecule has 0 aliphatic rings. The lowest BCUT2D eigenvalue weighted by atomic mass is 10.3. The van der Waals surface area contributed by atoms with Crippen LogP contribution in [0.25, 0.3) is 0 Å². The van der Waals surface area contributed by atoms with Crippen molar-refractivity contribution in [2.24, 2.45) is 0 Å². The van der Waals surface area contributed by atoms with Crippen LogP contribution in [-0.4, -0.2) is 16.1 Å². The molecule has 0 fully saturated rings. The number of halogens is 1. The van der Waals surface area contributed by atoms with Gasteiger partial charge in [0, 0.05) is 10.7 Å². The van der Waals surface area contributed by atoms with Gasteiger partial charge in [0.1, 0.15) is 0 Å². The van der Waals surface area contributed by atoms with E-state index in [0.29, 0.717) is 11.4 Å². The third-order valence-corrected chi connectivity index (χ3v) is 2.62. The normalized spacial score (nSPS) is 9.81. The quantitative estimate of drug-likeness (QED) is 0.918. The van der Waals surface area contributed by atoms with Gasteiger partial charge in [-0.15, -0.1) is 5.10 Å². The van der Waals surface area contributed by atoms with E-state index in [-0.39, 0.29) is 5.91 Å². The second-order valence-electron chi connectivity index (χ2n) is 3.04. The van der Waals surface area contributed by atoms with Crippen LogP contribution in [0, 0.1) is 0 Å². The number of amides is 1. The molecule has 0 unspecified atom stereocenters. The van der Waals surface area contributed by atoms with E-state index in [9.17, 15) is 4.79 Å². The molecule has 1 heterocycles. The SMILES string of the molecule is O=C(Nc1ccccc1Br)c1cccnn1. The van der Waals surface area contributed by atoms with Crippen molar-refractivity contribution < 1.29 is 4.79 Å². The highest BCUT2D eigenvalue weighted by molar-refractivity contribution is 9.10. The van der Waals surface area contributed by atoms with E-state index < -0.39 is 0 Å². The van der Waals surface area contributed by atoms with Gasteiger partial charge in [0.05, 0.1) is 5.69 Å². The molecular formula is C11H8BrN3O. The Labute approximate surface area is 101 Å². The molecule has 0 aliphatic carbocycles. The van der Waals surface area contributed by atoms with Crippen molar-refractivity contribution in [1.82, 2.24) is 10.2 Å². The molecule has 16 heavy (non-hydrogen) atoms. The number of anilines is 1. The first kappa shape index (κ1) is 10.8. The second-order valence-corrected chi connectivity index (χ2v) is 3.90. The number of benzene rings is 1. The molecule has 1 N–H and O–H groups in total. The van der Waals surface area contributed by atoms with Crippen molar-refractivity contribution in [1.29, 1.82) is 0 Å². The summed E-state index contributed by atoms with van der Waals surface area (Å²) in [6.45, 7) is 0. The minimum atomic E-state index is -0.278. The van der Waals surface area contributed by atoms with E-state index in [1.165, 1.54) is 6.20 Å². The summed E-state index contributed by atoms with van der Waals surface area (Å²) in [6.07, 6.45) is 1.52. The summed E-state index contributed by atoms with van der Waals surface area (Å²) in [7, 11) is 0. The van der Waals surface area contributed by atoms with Gasteiger partial charge < -0.3 is 5.32 Å². The standard InChI is InChI=1S/C11H8BrN3O/c12-8-4-1-2-5-9(8)14-11(16)10-6-3-7-13-15-10/h1-7H,(H,14,16). The Bertz CT molecular complexity index is 502. The van der Waals surface area contributed by atoms with Crippen molar-refractivity contribution in [3.8, 4) is 0 Å². The highest BCUT2D eigenvalue weighted by Crippen LogP contribution is 2.21. The molecule has 0 spiro atoms. The molecule has 0 aliphatic heterocycles. The monoisotopic (exact) mass is 277 g/mol. The summed E-state index contributed by atoms with van der Waals surface area (Å²) in [4.78, 5) is 11.7. The van der Waals surface area contributed by atoms with Gasteiger partial charge in [-0.1, -0.05) is 12.1 Å². The van der Waals surface area contributed by atoms with E-state index in [1.807, 2.05) is 18.2 Å². The highest BCUT2D eigenvalue weighted by Gasteiger charge is 2.08. The maximum Gasteiger partial charge on any atom is 0.276 e. The molecule has 2 rings (SSSR count). The van der Waals surface area contributed by atoms with Crippen molar-refractivity contribution in [3.05, 3.63) is 52.8 Å². The fourth-order valence-corrected chi connectivity index (χ4v) is 1.56. The van der Waals surface area contributed by atoms with Crippen molar-refractivity contribution >= 4 is 27.5 Å². The number of nitrogens with one attached hydrogen (secondary N) is 1. The first-order chi connectivity index (χ1) is 7.77. The van der Waals surface area contributed by atoms with Gasteiger partial charge >= 0.3 is 0 Å². The Hall–Kier alpha value is -1.75. The minimum absolute atomic E-state index is 0.278. The van der Waals surface area contributed by atoms with Crippen LogP contribution >= 0.6 is 15.9 Å². The Balaban J connectivity index is 2.18. The van der Waals surface area contributed by atoms with Gasteiger partial charge in [0.25, 0.3) is 5.91 Å². The summed E-state index contributed by atoms with van der Waals surface area (Å²) >= 11 is 3.35. The van der Waals surface area contributed by atoms with Crippen LogP contribution in [0.1, 0.15) is 10.5 Å². The van der Waals surface area contributed by atoms with Crippen LogP contribution in [-0.2, 0) is 0 Å². The largest absolute Gasteiger partial charge is 0.320 e. The number of carbonyl (C=O) groups excluding carboxylic acids is 1. The lowest BCUT2D eigenvalue weighted by Gasteiger charge is -2.05. The molecule has 0 saturated carbocycles. The summed E-state index contributed by atoms with van der Waals surface area (Å²) in [6, 6.07) is 10.7. The summed E-state index contributed by atoms with van der Waals surface area (Å²) < 4.78 is 0.826. The molecule has 0 saturated heterocycles. The Morgan fingerprint density at radius 3 is 2.69 bits per heavy atom. The topological polar surface area (TPSA) is 54.9 Å². The lowest BCUT2D eigenvalue weighted by Crippen LogP contribution is -2.14. The van der Waals surface area contributed by atoms with E-state index in [0.717, 1.165) is 4.47 Å². The molecule has 0 bridgehead atoms. The first-order valence-electron chi connectivity index (χ1n) is 4.61. The fraction of sp³-hybridized carbons (Fsp3) is 0. The third-order valence-electron chi connectivity index (χ3n) is 1.93. The van der Waals surface area contributed by atoms with E-state index in [1.54, 1.807) is 18.2 Å². The van der Waals surface area contributed by atoms with Crippen LogP contribution in [0.5, 0.6) is 0 Å². The van der Waals surface area contributed by atoms with E-state index >= 15 is 0 Å². The summed E-state index contributed by atoms with van der Waals surface area (Å²) in [5.41, 5.74) is 0.997. The van der Waals surface area contributed by atoms with Gasteiger partial charge in [-0.05, 0) is 40.2 Å². The zero-order valence-electron chi connectivity index (χ0n) is 8.22. The number of aromatic nitrogens is 2. The smallest absolute Gasteiger partial charge is 0.276 e. The average Bonchev–Trinajstić information content (AvgIpc) is 2.33. The molecule has 5 heteroatoms. The number of rotatable bonds is 2. The van der Waals surface area contributed by atoms with Crippen LogP contribution < -0.4 is 5.32 Å². The van der Waals surface area contributed by atoms with Crippen LogP contribution in [0.3, 0.4) is 0 Å². The average molecular weight is 278 g/mol. The lowest BCUT2D eigenvalue weighted by molar-refractivity contribution is 0.102. The number of carbonyl (C=O) groups is 1. The van der Waals surface area contributed by atoms with E-state index in [2.05, 4.69) is 31.4 Å². The highest BCUT2D eigenvalue weighted by atomic mass is 79.9. The fourth-order valence-electron chi connectivity index (χ4n) is 1.17. The number of hydrogen-bond acceptors (Lipinski definition) is 3. The van der Waals surface area contributed by atoms with Crippen molar-refractivity contribution in [3.63, 3.8) is 0 Å². The molecule has 0 radical (unpaired) electrons. The minimum Gasteiger partial charge on any atom is -0.320 e. The Morgan fingerprint density at radius 2 is 2.00 bits per heavy atom. The number of hydrogen-bond donors (Lipinski definition) is 1. The zero-order valence-corrected chi connectivity index (χ0v) is 9.81. The summed E-state index contributed by atoms with van der Waals surface area (Å²) in [5, 5.41) is 10.1. The summed E-state index contributed by atoms with van der Waals surface area (Å²) in [5.74, 6) is -0.278. The third kappa shape index (κ3) is 2.43. The van der Waals surface area contributed by atoms with Gasteiger partial charge in [-0.3, -0.25) is 4.79 Å². The first-order valence-corrected chi connectivity index (χ1v) is 5.40. The predicted octanol–water partition coefficient (Wildman–Crippen LogP) is 2.49. The number of para-hydroxylation sites is 1. The van der Waals surface area contributed by atoms with Crippen LogP contribution in [0.4, 0.5) is 5.69 Å². The van der Waals surface area contributed by atoms with Gasteiger partial charge in [0.2, 0.25) is 0 Å². The van der Waals surface area contributed by atoms with Gasteiger partial charge in [-0.25, -0.2) is 0 Å².